The Morgan fingerprint density at radius 2 is 2.26 bits per heavy atom. The topological polar surface area (TPSA) is 80.0 Å². The minimum absolute atomic E-state index is 0.0828. The molecule has 6 nitrogen and oxygen atoms in total. The standard InChI is InChI=1S/C13H19NO5/c1-3-10(9-15)14(7-6-12(16)18-2)13(17)11-5-4-8-19-11/h4-5,8,10,15H,3,6-7,9H2,1-2H3. The van der Waals surface area contributed by atoms with E-state index >= 15 is 0 Å². The molecule has 1 heterocycles. The fraction of sp³-hybridized carbons (Fsp3) is 0.538. The van der Waals surface area contributed by atoms with Crippen molar-refractivity contribution in [2.24, 2.45) is 0 Å². The molecule has 0 aliphatic carbocycles. The highest BCUT2D eigenvalue weighted by Gasteiger charge is 2.25. The predicted octanol–water partition coefficient (Wildman–Crippen LogP) is 1.06. The van der Waals surface area contributed by atoms with Gasteiger partial charge in [0.05, 0.1) is 32.4 Å². The summed E-state index contributed by atoms with van der Waals surface area (Å²) in [5.74, 6) is -0.545. The number of carbonyl (C=O) groups excluding carboxylic acids is 2. The molecule has 1 aromatic rings. The lowest BCUT2D eigenvalue weighted by Gasteiger charge is -2.28. The first-order valence-electron chi connectivity index (χ1n) is 6.16. The highest BCUT2D eigenvalue weighted by molar-refractivity contribution is 5.91. The first kappa shape index (κ1) is 15.2. The average Bonchev–Trinajstić information content (AvgIpc) is 2.96. The van der Waals surface area contributed by atoms with Crippen molar-refractivity contribution < 1.29 is 23.8 Å². The van der Waals surface area contributed by atoms with Gasteiger partial charge < -0.3 is 19.2 Å². The van der Waals surface area contributed by atoms with Crippen LogP contribution in [0, 0.1) is 0 Å². The number of carbonyl (C=O) groups is 2. The number of furan rings is 1. The summed E-state index contributed by atoms with van der Waals surface area (Å²) < 4.78 is 9.61. The smallest absolute Gasteiger partial charge is 0.307 e. The second-order valence-electron chi connectivity index (χ2n) is 4.05. The Hall–Kier alpha value is -1.82. The predicted molar refractivity (Wildman–Crippen MR) is 67.5 cm³/mol. The summed E-state index contributed by atoms with van der Waals surface area (Å²) in [4.78, 5) is 24.9. The number of aliphatic hydroxyl groups is 1. The number of esters is 1. The average molecular weight is 269 g/mol. The van der Waals surface area contributed by atoms with Gasteiger partial charge in [0.15, 0.2) is 5.76 Å². The monoisotopic (exact) mass is 269 g/mol. The summed E-state index contributed by atoms with van der Waals surface area (Å²) >= 11 is 0. The Morgan fingerprint density at radius 1 is 1.53 bits per heavy atom. The Bertz CT molecular complexity index is 397. The molecule has 0 radical (unpaired) electrons. The van der Waals surface area contributed by atoms with E-state index in [0.29, 0.717) is 6.42 Å². The van der Waals surface area contributed by atoms with Gasteiger partial charge >= 0.3 is 5.97 Å². The highest BCUT2D eigenvalue weighted by atomic mass is 16.5. The van der Waals surface area contributed by atoms with E-state index in [1.165, 1.54) is 18.3 Å². The van der Waals surface area contributed by atoms with E-state index in [9.17, 15) is 14.7 Å². The van der Waals surface area contributed by atoms with Crippen molar-refractivity contribution in [3.8, 4) is 0 Å². The number of rotatable bonds is 7. The largest absolute Gasteiger partial charge is 0.469 e. The number of nitrogens with zero attached hydrogens (tertiary/aromatic N) is 1. The molecule has 0 fully saturated rings. The molecule has 0 saturated heterocycles. The first-order chi connectivity index (χ1) is 9.13. The maximum Gasteiger partial charge on any atom is 0.307 e. The van der Waals surface area contributed by atoms with Crippen molar-refractivity contribution in [2.75, 3.05) is 20.3 Å². The maximum absolute atomic E-state index is 12.2. The van der Waals surface area contributed by atoms with Gasteiger partial charge in [-0.15, -0.1) is 0 Å². The summed E-state index contributed by atoms with van der Waals surface area (Å²) in [5.41, 5.74) is 0. The Kier molecular flexibility index (Phi) is 6.08. The fourth-order valence-corrected chi connectivity index (χ4v) is 1.75. The lowest BCUT2D eigenvalue weighted by atomic mass is 10.1. The molecule has 1 N–H and O–H groups in total. The van der Waals surface area contributed by atoms with Crippen molar-refractivity contribution in [3.63, 3.8) is 0 Å². The Labute approximate surface area is 112 Å². The molecule has 1 atom stereocenters. The van der Waals surface area contributed by atoms with Gasteiger partial charge in [-0.2, -0.15) is 0 Å². The van der Waals surface area contributed by atoms with E-state index in [1.54, 1.807) is 12.1 Å². The minimum Gasteiger partial charge on any atom is -0.469 e. The molecular weight excluding hydrogens is 250 g/mol. The normalized spacial score (nSPS) is 11.9. The number of hydrogen-bond acceptors (Lipinski definition) is 5. The van der Waals surface area contributed by atoms with Crippen LogP contribution in [-0.4, -0.2) is 48.2 Å². The van der Waals surface area contributed by atoms with E-state index in [4.69, 9.17) is 4.42 Å². The van der Waals surface area contributed by atoms with E-state index in [1.807, 2.05) is 6.92 Å². The number of hydrogen-bond donors (Lipinski definition) is 1. The SMILES string of the molecule is CCC(CO)N(CCC(=O)OC)C(=O)c1ccco1. The number of aliphatic hydroxyl groups excluding tert-OH is 1. The van der Waals surface area contributed by atoms with Crippen LogP contribution in [0.5, 0.6) is 0 Å². The molecule has 0 spiro atoms. The molecular formula is C13H19NO5. The molecule has 106 valence electrons. The number of amides is 1. The van der Waals surface area contributed by atoms with Crippen molar-refractivity contribution in [1.82, 2.24) is 4.90 Å². The molecule has 0 bridgehead atoms. The summed E-state index contributed by atoms with van der Waals surface area (Å²) in [6, 6.07) is 2.82. The second kappa shape index (κ2) is 7.58. The van der Waals surface area contributed by atoms with Crippen LogP contribution < -0.4 is 0 Å². The molecule has 0 aliphatic heterocycles. The van der Waals surface area contributed by atoms with Crippen molar-refractivity contribution in [2.45, 2.75) is 25.8 Å². The quantitative estimate of drug-likeness (QED) is 0.748. The third-order valence-corrected chi connectivity index (χ3v) is 2.90. The summed E-state index contributed by atoms with van der Waals surface area (Å²) in [5, 5.41) is 9.32. The van der Waals surface area contributed by atoms with Crippen LogP contribution in [0.1, 0.15) is 30.3 Å². The van der Waals surface area contributed by atoms with Gasteiger partial charge in [0, 0.05) is 6.54 Å². The van der Waals surface area contributed by atoms with Crippen LogP contribution in [0.2, 0.25) is 0 Å². The zero-order valence-corrected chi connectivity index (χ0v) is 11.2. The molecule has 1 rings (SSSR count). The molecule has 0 aromatic carbocycles. The lowest BCUT2D eigenvalue weighted by molar-refractivity contribution is -0.140. The molecule has 1 amide bonds. The van der Waals surface area contributed by atoms with Gasteiger partial charge in [0.1, 0.15) is 0 Å². The van der Waals surface area contributed by atoms with Crippen molar-refractivity contribution >= 4 is 11.9 Å². The number of ether oxygens (including phenoxy) is 1. The molecule has 1 aromatic heterocycles. The van der Waals surface area contributed by atoms with Crippen molar-refractivity contribution in [3.05, 3.63) is 24.2 Å². The van der Waals surface area contributed by atoms with E-state index in [2.05, 4.69) is 4.74 Å². The van der Waals surface area contributed by atoms with Gasteiger partial charge in [0.25, 0.3) is 5.91 Å². The van der Waals surface area contributed by atoms with Gasteiger partial charge in [-0.25, -0.2) is 0 Å². The zero-order chi connectivity index (χ0) is 14.3. The third kappa shape index (κ3) is 4.10. The van der Waals surface area contributed by atoms with Crippen LogP contribution in [0.25, 0.3) is 0 Å². The van der Waals surface area contributed by atoms with Crippen molar-refractivity contribution in [1.29, 1.82) is 0 Å². The van der Waals surface area contributed by atoms with Crippen LogP contribution in [0.15, 0.2) is 22.8 Å². The van der Waals surface area contributed by atoms with E-state index in [0.717, 1.165) is 0 Å². The maximum atomic E-state index is 12.2. The number of methoxy groups -OCH3 is 1. The summed E-state index contributed by atoms with van der Waals surface area (Å²) in [6.07, 6.45) is 2.08. The van der Waals surface area contributed by atoms with Crippen LogP contribution >= 0.6 is 0 Å². The Balaban J connectivity index is 2.79. The molecule has 0 saturated carbocycles. The van der Waals surface area contributed by atoms with Crippen LogP contribution in [0.4, 0.5) is 0 Å². The molecule has 19 heavy (non-hydrogen) atoms. The second-order valence-corrected chi connectivity index (χ2v) is 4.05. The van der Waals surface area contributed by atoms with Gasteiger partial charge in [0.2, 0.25) is 0 Å². The van der Waals surface area contributed by atoms with Crippen LogP contribution in [-0.2, 0) is 9.53 Å². The summed E-state index contributed by atoms with van der Waals surface area (Å²) in [7, 11) is 1.30. The van der Waals surface area contributed by atoms with E-state index < -0.39 is 5.97 Å². The molecule has 6 heteroatoms. The van der Waals surface area contributed by atoms with Gasteiger partial charge in [-0.3, -0.25) is 9.59 Å². The zero-order valence-electron chi connectivity index (χ0n) is 11.2. The third-order valence-electron chi connectivity index (χ3n) is 2.90. The minimum atomic E-state index is -0.398. The lowest BCUT2D eigenvalue weighted by Crippen LogP contribution is -2.43. The van der Waals surface area contributed by atoms with Gasteiger partial charge in [-0.05, 0) is 18.6 Å². The van der Waals surface area contributed by atoms with Gasteiger partial charge in [-0.1, -0.05) is 6.92 Å². The fourth-order valence-electron chi connectivity index (χ4n) is 1.75. The van der Waals surface area contributed by atoms with Crippen LogP contribution in [0.3, 0.4) is 0 Å². The molecule has 1 unspecified atom stereocenters. The summed E-state index contributed by atoms with van der Waals surface area (Å²) in [6.45, 7) is 1.89. The highest BCUT2D eigenvalue weighted by Crippen LogP contribution is 2.12. The Morgan fingerprint density at radius 3 is 2.74 bits per heavy atom. The van der Waals surface area contributed by atoms with E-state index in [-0.39, 0.29) is 37.3 Å². The first-order valence-corrected chi connectivity index (χ1v) is 6.16. The molecule has 0 aliphatic rings.